The van der Waals surface area contributed by atoms with Gasteiger partial charge in [0.1, 0.15) is 5.82 Å². The molecular weight excluding hydrogens is 433 g/mol. The van der Waals surface area contributed by atoms with E-state index in [1.165, 1.54) is 36.0 Å². The molecule has 0 saturated carbocycles. The van der Waals surface area contributed by atoms with Gasteiger partial charge in [0, 0.05) is 23.9 Å². The number of thioether (sulfide) groups is 2. The van der Waals surface area contributed by atoms with Gasteiger partial charge in [0.2, 0.25) is 5.91 Å². The lowest BCUT2D eigenvalue weighted by atomic mass is 10.1. The van der Waals surface area contributed by atoms with Crippen molar-refractivity contribution in [2.24, 2.45) is 0 Å². The van der Waals surface area contributed by atoms with Crippen molar-refractivity contribution < 1.29 is 9.18 Å². The average Bonchev–Trinajstić information content (AvgIpc) is 3.14. The van der Waals surface area contributed by atoms with E-state index in [-0.39, 0.29) is 23.0 Å². The molecule has 1 amide bonds. The third kappa shape index (κ3) is 5.37. The predicted octanol–water partition coefficient (Wildman–Crippen LogP) is 4.39. The SMILES string of the molecule is CC1Cc2nc(SCC(=O)Nc3ccc(F)cc3)n(CCc3ccccc3)c(=O)c2S1. The largest absolute Gasteiger partial charge is 0.325 e. The summed E-state index contributed by atoms with van der Waals surface area (Å²) in [6, 6.07) is 15.6. The van der Waals surface area contributed by atoms with Gasteiger partial charge in [-0.15, -0.1) is 11.8 Å². The van der Waals surface area contributed by atoms with E-state index in [4.69, 9.17) is 4.98 Å². The highest BCUT2D eigenvalue weighted by Crippen LogP contribution is 2.34. The summed E-state index contributed by atoms with van der Waals surface area (Å²) >= 11 is 2.83. The maximum absolute atomic E-state index is 13.2. The molecular formula is C23H22FN3O2S2. The molecule has 0 aliphatic carbocycles. The third-order valence-corrected chi connectivity index (χ3v) is 7.08. The second-order valence-electron chi connectivity index (χ2n) is 7.34. The van der Waals surface area contributed by atoms with Crippen molar-refractivity contribution in [1.29, 1.82) is 0 Å². The molecule has 1 N–H and O–H groups in total. The first kappa shape index (κ1) is 21.6. The van der Waals surface area contributed by atoms with Crippen LogP contribution >= 0.6 is 23.5 Å². The molecule has 1 unspecified atom stereocenters. The number of carbonyl (C=O) groups is 1. The highest BCUT2D eigenvalue weighted by molar-refractivity contribution is 8.00. The van der Waals surface area contributed by atoms with Crippen molar-refractivity contribution in [3.05, 3.63) is 82.0 Å². The summed E-state index contributed by atoms with van der Waals surface area (Å²) in [5, 5.41) is 3.62. The number of aryl methyl sites for hydroxylation is 1. The zero-order valence-corrected chi connectivity index (χ0v) is 18.6. The Morgan fingerprint density at radius 3 is 2.71 bits per heavy atom. The lowest BCUT2D eigenvalue weighted by molar-refractivity contribution is -0.113. The number of fused-ring (bicyclic) bond motifs is 1. The summed E-state index contributed by atoms with van der Waals surface area (Å²) in [5.41, 5.74) is 2.46. The van der Waals surface area contributed by atoms with E-state index in [9.17, 15) is 14.0 Å². The van der Waals surface area contributed by atoms with Crippen molar-refractivity contribution in [2.75, 3.05) is 11.1 Å². The molecule has 0 spiro atoms. The maximum atomic E-state index is 13.2. The van der Waals surface area contributed by atoms with Crippen LogP contribution in [0.3, 0.4) is 0 Å². The minimum absolute atomic E-state index is 0.0308. The molecule has 1 aliphatic rings. The van der Waals surface area contributed by atoms with Gasteiger partial charge in [-0.05, 0) is 36.2 Å². The van der Waals surface area contributed by atoms with Gasteiger partial charge in [0.05, 0.1) is 16.3 Å². The Morgan fingerprint density at radius 1 is 1.23 bits per heavy atom. The van der Waals surface area contributed by atoms with E-state index in [1.54, 1.807) is 16.3 Å². The van der Waals surface area contributed by atoms with E-state index in [2.05, 4.69) is 12.2 Å². The zero-order valence-electron chi connectivity index (χ0n) is 17.0. The Labute approximate surface area is 188 Å². The van der Waals surface area contributed by atoms with Crippen molar-refractivity contribution in [3.8, 4) is 0 Å². The highest BCUT2D eigenvalue weighted by Gasteiger charge is 2.26. The van der Waals surface area contributed by atoms with Gasteiger partial charge in [-0.2, -0.15) is 0 Å². The second kappa shape index (κ2) is 9.70. The summed E-state index contributed by atoms with van der Waals surface area (Å²) in [7, 11) is 0. The van der Waals surface area contributed by atoms with Crippen LogP contribution in [-0.4, -0.2) is 26.5 Å². The van der Waals surface area contributed by atoms with Crippen molar-refractivity contribution >= 4 is 35.1 Å². The number of hydrogen-bond donors (Lipinski definition) is 1. The highest BCUT2D eigenvalue weighted by atomic mass is 32.2. The lowest BCUT2D eigenvalue weighted by Crippen LogP contribution is -2.27. The van der Waals surface area contributed by atoms with E-state index < -0.39 is 0 Å². The van der Waals surface area contributed by atoms with Crippen molar-refractivity contribution in [3.63, 3.8) is 0 Å². The van der Waals surface area contributed by atoms with Gasteiger partial charge in [-0.25, -0.2) is 9.37 Å². The van der Waals surface area contributed by atoms with Crippen molar-refractivity contribution in [1.82, 2.24) is 9.55 Å². The molecule has 0 radical (unpaired) electrons. The standard InChI is InChI=1S/C23H22FN3O2S2/c1-15-13-19-21(31-15)22(29)27(12-11-16-5-3-2-4-6-16)23(26-19)30-14-20(28)25-18-9-7-17(24)8-10-18/h2-10,15H,11-14H2,1H3,(H,25,28). The van der Waals surface area contributed by atoms with Crippen LogP contribution in [0.15, 0.2) is 69.4 Å². The fourth-order valence-electron chi connectivity index (χ4n) is 3.38. The normalized spacial score (nSPS) is 15.0. The van der Waals surface area contributed by atoms with Crippen LogP contribution in [0.2, 0.25) is 0 Å². The quantitative estimate of drug-likeness (QED) is 0.423. The monoisotopic (exact) mass is 455 g/mol. The molecule has 0 fully saturated rings. The lowest BCUT2D eigenvalue weighted by Gasteiger charge is -2.14. The van der Waals surface area contributed by atoms with Crippen LogP contribution in [-0.2, 0) is 24.2 Å². The van der Waals surface area contributed by atoms with Gasteiger partial charge in [-0.1, -0.05) is 49.0 Å². The number of hydrogen-bond acceptors (Lipinski definition) is 5. The number of anilines is 1. The Bertz CT molecular complexity index is 1130. The summed E-state index contributed by atoms with van der Waals surface area (Å²) in [5.74, 6) is -0.482. The van der Waals surface area contributed by atoms with Crippen LogP contribution in [0.5, 0.6) is 0 Å². The third-order valence-electron chi connectivity index (χ3n) is 4.89. The molecule has 3 aromatic rings. The Kier molecular flexibility index (Phi) is 6.77. The van der Waals surface area contributed by atoms with Crippen LogP contribution < -0.4 is 10.9 Å². The minimum atomic E-state index is -0.357. The van der Waals surface area contributed by atoms with Gasteiger partial charge < -0.3 is 5.32 Å². The first-order chi connectivity index (χ1) is 15.0. The Balaban J connectivity index is 1.51. The van der Waals surface area contributed by atoms with Crippen LogP contribution in [0.25, 0.3) is 0 Å². The van der Waals surface area contributed by atoms with Crippen LogP contribution in [0.1, 0.15) is 18.2 Å². The topological polar surface area (TPSA) is 64.0 Å². The van der Waals surface area contributed by atoms with Crippen molar-refractivity contribution in [2.45, 2.75) is 41.6 Å². The molecule has 1 atom stereocenters. The molecule has 2 heterocycles. The summed E-state index contributed by atoms with van der Waals surface area (Å²) in [4.78, 5) is 31.0. The molecule has 1 aromatic heterocycles. The maximum Gasteiger partial charge on any atom is 0.268 e. The molecule has 5 nitrogen and oxygen atoms in total. The van der Waals surface area contributed by atoms with E-state index >= 15 is 0 Å². The Morgan fingerprint density at radius 2 is 1.97 bits per heavy atom. The molecule has 1 aliphatic heterocycles. The zero-order chi connectivity index (χ0) is 21.8. The molecule has 160 valence electrons. The summed E-state index contributed by atoms with van der Waals surface area (Å²) in [6.45, 7) is 2.59. The number of nitrogens with zero attached hydrogens (tertiary/aromatic N) is 2. The number of amides is 1. The molecule has 4 rings (SSSR count). The van der Waals surface area contributed by atoms with Gasteiger partial charge in [-0.3, -0.25) is 14.2 Å². The number of benzene rings is 2. The van der Waals surface area contributed by atoms with Gasteiger partial charge >= 0.3 is 0 Å². The van der Waals surface area contributed by atoms with E-state index in [0.29, 0.717) is 29.1 Å². The van der Waals surface area contributed by atoms with Crippen LogP contribution in [0, 0.1) is 5.82 Å². The van der Waals surface area contributed by atoms with Gasteiger partial charge in [0.15, 0.2) is 5.16 Å². The van der Waals surface area contributed by atoms with E-state index in [1.807, 2.05) is 30.3 Å². The Hall–Kier alpha value is -2.58. The molecule has 0 bridgehead atoms. The second-order valence-corrected chi connectivity index (χ2v) is 9.73. The molecule has 0 saturated heterocycles. The smallest absolute Gasteiger partial charge is 0.268 e. The first-order valence-corrected chi connectivity index (χ1v) is 11.9. The predicted molar refractivity (Wildman–Crippen MR) is 123 cm³/mol. The fraction of sp³-hybridized carbons (Fsp3) is 0.261. The summed E-state index contributed by atoms with van der Waals surface area (Å²) < 4.78 is 14.7. The fourth-order valence-corrected chi connectivity index (χ4v) is 5.34. The minimum Gasteiger partial charge on any atom is -0.325 e. The molecule has 31 heavy (non-hydrogen) atoms. The number of halogens is 1. The molecule has 2 aromatic carbocycles. The van der Waals surface area contributed by atoms with Crippen LogP contribution in [0.4, 0.5) is 10.1 Å². The first-order valence-electron chi connectivity index (χ1n) is 10.0. The summed E-state index contributed by atoms with van der Waals surface area (Å²) in [6.07, 6.45) is 1.46. The molecule has 8 heteroatoms. The average molecular weight is 456 g/mol. The number of rotatable bonds is 7. The number of aromatic nitrogens is 2. The van der Waals surface area contributed by atoms with Gasteiger partial charge in [0.25, 0.3) is 5.56 Å². The van der Waals surface area contributed by atoms with E-state index in [0.717, 1.165) is 22.6 Å². The number of nitrogens with one attached hydrogen (secondary N) is 1. The number of carbonyl (C=O) groups excluding carboxylic acids is 1.